The number of carbonyl (C=O) groups is 1. The number of likely N-dealkylation sites (N-methyl/N-ethyl adjacent to an activating group) is 1. The predicted octanol–water partition coefficient (Wildman–Crippen LogP) is 3.56. The van der Waals surface area contributed by atoms with Gasteiger partial charge in [-0.25, -0.2) is 0 Å². The molecule has 0 atom stereocenters. The first-order chi connectivity index (χ1) is 12.1. The van der Waals surface area contributed by atoms with Crippen molar-refractivity contribution in [2.45, 2.75) is 6.92 Å². The van der Waals surface area contributed by atoms with E-state index in [4.69, 9.17) is 21.7 Å². The van der Waals surface area contributed by atoms with Gasteiger partial charge in [-0.15, -0.1) is 0 Å². The number of nitrogens with zero attached hydrogens (tertiary/aromatic N) is 2. The number of allylic oxidation sites excluding steroid dienone is 2. The van der Waals surface area contributed by atoms with Crippen LogP contribution in [-0.2, 0) is 9.53 Å². The maximum atomic E-state index is 12.2. The van der Waals surface area contributed by atoms with Crippen LogP contribution < -0.4 is 9.64 Å². The van der Waals surface area contributed by atoms with Gasteiger partial charge in [-0.05, 0) is 36.7 Å². The van der Waals surface area contributed by atoms with E-state index in [9.17, 15) is 4.79 Å². The van der Waals surface area contributed by atoms with Crippen molar-refractivity contribution in [3.05, 3.63) is 60.2 Å². The summed E-state index contributed by atoms with van der Waals surface area (Å²) in [7, 11) is 1.93. The molecule has 2 aliphatic rings. The molecule has 0 spiro atoms. The molecule has 2 heterocycles. The molecular formula is C19H16N2O3S. The van der Waals surface area contributed by atoms with Gasteiger partial charge in [0.2, 0.25) is 5.88 Å². The van der Waals surface area contributed by atoms with E-state index in [1.54, 1.807) is 12.2 Å². The lowest BCUT2D eigenvalue weighted by Gasteiger charge is -2.12. The molecule has 1 amide bonds. The third kappa shape index (κ3) is 2.46. The van der Waals surface area contributed by atoms with Gasteiger partial charge in [0.15, 0.2) is 11.5 Å². The lowest BCUT2D eigenvalue weighted by atomic mass is 10.1. The van der Waals surface area contributed by atoms with E-state index < -0.39 is 0 Å². The second-order valence-corrected chi connectivity index (χ2v) is 6.10. The number of thiocarbonyl (C=S) groups is 1. The highest BCUT2D eigenvalue weighted by molar-refractivity contribution is 7.80. The van der Waals surface area contributed by atoms with Gasteiger partial charge < -0.3 is 14.4 Å². The number of hydrogen-bond acceptors (Lipinski definition) is 5. The van der Waals surface area contributed by atoms with Crippen LogP contribution in [0.2, 0.25) is 0 Å². The third-order valence-electron chi connectivity index (χ3n) is 4.31. The average Bonchev–Trinajstić information content (AvgIpc) is 3.09. The van der Waals surface area contributed by atoms with Crippen LogP contribution >= 0.6 is 12.2 Å². The van der Waals surface area contributed by atoms with E-state index in [1.807, 2.05) is 43.1 Å². The Bertz CT molecular complexity index is 964. The fourth-order valence-corrected chi connectivity index (χ4v) is 3.34. The van der Waals surface area contributed by atoms with Crippen LogP contribution in [0.25, 0.3) is 10.8 Å². The monoisotopic (exact) mass is 352 g/mol. The van der Waals surface area contributed by atoms with Crippen molar-refractivity contribution in [2.24, 2.45) is 0 Å². The van der Waals surface area contributed by atoms with Crippen LogP contribution in [-0.4, -0.2) is 29.6 Å². The molecule has 25 heavy (non-hydrogen) atoms. The van der Waals surface area contributed by atoms with Gasteiger partial charge >= 0.3 is 0 Å². The summed E-state index contributed by atoms with van der Waals surface area (Å²) in [4.78, 5) is 15.6. The van der Waals surface area contributed by atoms with Crippen LogP contribution in [0.3, 0.4) is 0 Å². The number of benzene rings is 2. The van der Waals surface area contributed by atoms with Crippen molar-refractivity contribution in [2.75, 3.05) is 18.5 Å². The second kappa shape index (κ2) is 5.89. The van der Waals surface area contributed by atoms with Gasteiger partial charge in [-0.1, -0.05) is 30.3 Å². The lowest BCUT2D eigenvalue weighted by Crippen LogP contribution is -2.27. The minimum absolute atomic E-state index is 0.187. The fourth-order valence-electron chi connectivity index (χ4n) is 3.03. The van der Waals surface area contributed by atoms with Crippen molar-refractivity contribution >= 4 is 39.8 Å². The van der Waals surface area contributed by atoms with E-state index in [0.717, 1.165) is 22.2 Å². The largest absolute Gasteiger partial charge is 0.439 e. The third-order valence-corrected chi connectivity index (χ3v) is 4.61. The normalized spacial score (nSPS) is 19.8. The standard InChI is InChI=1S/C19H16N2O3S/c1-3-21-18(22)15(24-19(21)25)10-11-16-20(2)17-13-7-5-4-6-12(13)8-9-14(17)23-16/h4-11H,3H2,1-2H3. The summed E-state index contributed by atoms with van der Waals surface area (Å²) < 4.78 is 11.3. The predicted molar refractivity (Wildman–Crippen MR) is 100 cm³/mol. The lowest BCUT2D eigenvalue weighted by molar-refractivity contribution is -0.122. The van der Waals surface area contributed by atoms with E-state index >= 15 is 0 Å². The first kappa shape index (κ1) is 15.7. The van der Waals surface area contributed by atoms with E-state index in [1.165, 1.54) is 4.90 Å². The molecule has 0 aliphatic carbocycles. The molecule has 6 heteroatoms. The van der Waals surface area contributed by atoms with Gasteiger partial charge in [-0.3, -0.25) is 9.69 Å². The van der Waals surface area contributed by atoms with Crippen LogP contribution in [0.4, 0.5) is 5.69 Å². The molecule has 0 aromatic heterocycles. The molecule has 2 aromatic carbocycles. The van der Waals surface area contributed by atoms with E-state index in [2.05, 4.69) is 12.1 Å². The van der Waals surface area contributed by atoms with Crippen molar-refractivity contribution < 1.29 is 14.3 Å². The molecule has 0 unspecified atom stereocenters. The van der Waals surface area contributed by atoms with Gasteiger partial charge in [-0.2, -0.15) is 0 Å². The zero-order valence-corrected chi connectivity index (χ0v) is 14.7. The van der Waals surface area contributed by atoms with Gasteiger partial charge in [0.05, 0.1) is 5.69 Å². The molecule has 1 saturated heterocycles. The number of anilines is 1. The summed E-state index contributed by atoms with van der Waals surface area (Å²) in [5.41, 5.74) is 1.01. The van der Waals surface area contributed by atoms with E-state index in [0.29, 0.717) is 12.4 Å². The summed E-state index contributed by atoms with van der Waals surface area (Å²) >= 11 is 5.06. The Morgan fingerprint density at radius 3 is 2.68 bits per heavy atom. The molecule has 2 aromatic rings. The van der Waals surface area contributed by atoms with Crippen LogP contribution in [0.1, 0.15) is 6.92 Å². The summed E-state index contributed by atoms with van der Waals surface area (Å²) in [6.07, 6.45) is 3.33. The summed E-state index contributed by atoms with van der Waals surface area (Å²) in [6.45, 7) is 2.34. The number of rotatable bonds is 2. The first-order valence-corrected chi connectivity index (χ1v) is 8.40. The number of hydrogen-bond donors (Lipinski definition) is 0. The Morgan fingerprint density at radius 1 is 1.12 bits per heavy atom. The number of carbonyl (C=O) groups excluding carboxylic acids is 1. The topological polar surface area (TPSA) is 42.0 Å². The van der Waals surface area contributed by atoms with Gasteiger partial charge in [0.25, 0.3) is 11.1 Å². The number of ether oxygens (including phenoxy) is 2. The maximum Gasteiger partial charge on any atom is 0.297 e. The summed E-state index contributed by atoms with van der Waals surface area (Å²) in [5.74, 6) is 1.39. The molecule has 2 aliphatic heterocycles. The minimum Gasteiger partial charge on any atom is -0.439 e. The Labute approximate surface area is 150 Å². The molecular weight excluding hydrogens is 336 g/mol. The smallest absolute Gasteiger partial charge is 0.297 e. The van der Waals surface area contributed by atoms with E-state index in [-0.39, 0.29) is 16.8 Å². The second-order valence-electron chi connectivity index (χ2n) is 5.75. The van der Waals surface area contributed by atoms with Gasteiger partial charge in [0, 0.05) is 25.1 Å². The number of amides is 1. The molecule has 0 N–H and O–H groups in total. The van der Waals surface area contributed by atoms with Crippen molar-refractivity contribution in [1.29, 1.82) is 0 Å². The number of fused-ring (bicyclic) bond motifs is 3. The Hall–Kier alpha value is -2.86. The van der Waals surface area contributed by atoms with Gasteiger partial charge in [0.1, 0.15) is 0 Å². The highest BCUT2D eigenvalue weighted by Crippen LogP contribution is 2.43. The zero-order valence-electron chi connectivity index (χ0n) is 13.9. The van der Waals surface area contributed by atoms with Crippen LogP contribution in [0.5, 0.6) is 5.75 Å². The average molecular weight is 352 g/mol. The first-order valence-electron chi connectivity index (χ1n) is 7.99. The summed E-state index contributed by atoms with van der Waals surface area (Å²) in [6, 6.07) is 12.1. The molecule has 5 nitrogen and oxygen atoms in total. The minimum atomic E-state index is -0.229. The zero-order chi connectivity index (χ0) is 17.6. The molecule has 0 saturated carbocycles. The van der Waals surface area contributed by atoms with Crippen molar-refractivity contribution in [3.8, 4) is 5.75 Å². The van der Waals surface area contributed by atoms with Crippen LogP contribution in [0.15, 0.2) is 60.2 Å². The molecule has 0 radical (unpaired) electrons. The molecule has 0 bridgehead atoms. The molecule has 1 fully saturated rings. The highest BCUT2D eigenvalue weighted by atomic mass is 32.1. The highest BCUT2D eigenvalue weighted by Gasteiger charge is 2.32. The Balaban J connectivity index is 1.68. The fraction of sp³-hybridized carbons (Fsp3) is 0.158. The Kier molecular flexibility index (Phi) is 3.69. The maximum absolute atomic E-state index is 12.2. The summed E-state index contributed by atoms with van der Waals surface area (Å²) in [5, 5.41) is 2.45. The Morgan fingerprint density at radius 2 is 1.92 bits per heavy atom. The SMILES string of the molecule is CCN1C(=O)C(=CC=C2Oc3ccc4ccccc4c3N2C)OC1=S. The molecule has 4 rings (SSSR count). The quantitative estimate of drug-likeness (QED) is 0.611. The van der Waals surface area contributed by atoms with Crippen molar-refractivity contribution in [3.63, 3.8) is 0 Å². The van der Waals surface area contributed by atoms with Crippen LogP contribution in [0, 0.1) is 0 Å². The molecule has 126 valence electrons. The van der Waals surface area contributed by atoms with Crippen molar-refractivity contribution in [1.82, 2.24) is 4.90 Å².